The van der Waals surface area contributed by atoms with Crippen molar-refractivity contribution in [3.05, 3.63) is 35.4 Å². The fourth-order valence-corrected chi connectivity index (χ4v) is 1.58. The number of halogens is 3. The molecular formula is C11H11F3O4S. The summed E-state index contributed by atoms with van der Waals surface area (Å²) in [6.07, 6.45) is 2.83. The van der Waals surface area contributed by atoms with Crippen molar-refractivity contribution in [1.29, 1.82) is 0 Å². The molecule has 1 aliphatic rings. The van der Waals surface area contributed by atoms with Crippen LogP contribution in [0.5, 0.6) is 0 Å². The lowest BCUT2D eigenvalue weighted by molar-refractivity contribution is -0.0510. The molecule has 0 amide bonds. The average molecular weight is 296 g/mol. The number of aryl methyl sites for hydroxylation is 1. The van der Waals surface area contributed by atoms with Gasteiger partial charge in [0, 0.05) is 12.0 Å². The van der Waals surface area contributed by atoms with Gasteiger partial charge in [0.1, 0.15) is 0 Å². The topological polar surface area (TPSA) is 71.4 Å². The summed E-state index contributed by atoms with van der Waals surface area (Å²) in [6, 6.07) is 7.91. The number of hydrogen-bond donors (Lipinski definition) is 1. The van der Waals surface area contributed by atoms with E-state index in [0.717, 1.165) is 24.8 Å². The number of fused-ring (bicyclic) bond motifs is 1. The van der Waals surface area contributed by atoms with Crippen molar-refractivity contribution < 1.29 is 30.9 Å². The van der Waals surface area contributed by atoms with Gasteiger partial charge in [-0.2, -0.15) is 21.6 Å². The van der Waals surface area contributed by atoms with E-state index in [1.165, 1.54) is 5.56 Å². The number of carbonyl (C=O) groups excluding carboxylic acids is 1. The molecule has 0 radical (unpaired) electrons. The van der Waals surface area contributed by atoms with Gasteiger partial charge in [-0.3, -0.25) is 9.35 Å². The van der Waals surface area contributed by atoms with Crippen LogP contribution >= 0.6 is 0 Å². The van der Waals surface area contributed by atoms with Gasteiger partial charge in [-0.05, 0) is 18.4 Å². The molecule has 0 heterocycles. The number of Topliss-reactive ketones (excluding diaryl/α,β-unsaturated/α-hetero) is 1. The maximum atomic E-state index is 11.3. The average Bonchev–Trinajstić information content (AvgIpc) is 2.28. The highest BCUT2D eigenvalue weighted by Crippen LogP contribution is 2.21. The van der Waals surface area contributed by atoms with Gasteiger partial charge >= 0.3 is 15.6 Å². The van der Waals surface area contributed by atoms with Gasteiger partial charge in [-0.15, -0.1) is 0 Å². The molecule has 4 nitrogen and oxygen atoms in total. The Morgan fingerprint density at radius 3 is 2.11 bits per heavy atom. The van der Waals surface area contributed by atoms with Crippen LogP contribution in [0.2, 0.25) is 0 Å². The Bertz CT molecular complexity index is 564. The van der Waals surface area contributed by atoms with E-state index in [4.69, 9.17) is 13.0 Å². The van der Waals surface area contributed by atoms with E-state index in [9.17, 15) is 18.0 Å². The largest absolute Gasteiger partial charge is 0.522 e. The summed E-state index contributed by atoms with van der Waals surface area (Å²) in [5.74, 6) is 0.312. The summed E-state index contributed by atoms with van der Waals surface area (Å²) < 4.78 is 57.5. The zero-order valence-electron chi connectivity index (χ0n) is 9.64. The summed E-state index contributed by atoms with van der Waals surface area (Å²) in [6.45, 7) is 0. The molecule has 0 fully saturated rings. The highest BCUT2D eigenvalue weighted by Gasteiger charge is 2.44. The zero-order chi connectivity index (χ0) is 14.7. The lowest BCUT2D eigenvalue weighted by Crippen LogP contribution is -2.21. The first kappa shape index (κ1) is 15.6. The molecule has 106 valence electrons. The van der Waals surface area contributed by atoms with Crippen LogP contribution in [0.15, 0.2) is 24.3 Å². The van der Waals surface area contributed by atoms with Crippen LogP contribution in [0.3, 0.4) is 0 Å². The number of ketones is 1. The third-order valence-corrected chi connectivity index (χ3v) is 3.05. The standard InChI is InChI=1S/C10H10O.CHF3O3S/c11-10-7-3-5-8-4-1-2-6-9(8)10;2-1(3,4)8(5,6)7/h1-2,4,6H,3,5,7H2;(H,5,6,7). The molecule has 0 saturated carbocycles. The molecule has 1 aliphatic carbocycles. The van der Waals surface area contributed by atoms with E-state index in [1.807, 2.05) is 24.3 Å². The van der Waals surface area contributed by atoms with E-state index in [1.54, 1.807) is 0 Å². The van der Waals surface area contributed by atoms with Gasteiger partial charge in [-0.25, -0.2) is 0 Å². The molecule has 0 spiro atoms. The van der Waals surface area contributed by atoms with Crippen LogP contribution in [0.4, 0.5) is 13.2 Å². The summed E-state index contributed by atoms with van der Waals surface area (Å²) in [5.41, 5.74) is -3.37. The summed E-state index contributed by atoms with van der Waals surface area (Å²) in [4.78, 5) is 11.3. The van der Waals surface area contributed by atoms with Crippen molar-refractivity contribution in [2.75, 3.05) is 0 Å². The molecule has 1 N–H and O–H groups in total. The van der Waals surface area contributed by atoms with E-state index < -0.39 is 15.6 Å². The van der Waals surface area contributed by atoms with Crippen molar-refractivity contribution in [3.63, 3.8) is 0 Å². The van der Waals surface area contributed by atoms with Crippen LogP contribution in [0, 0.1) is 0 Å². The fraction of sp³-hybridized carbons (Fsp3) is 0.364. The van der Waals surface area contributed by atoms with Crippen molar-refractivity contribution in [3.8, 4) is 0 Å². The smallest absolute Gasteiger partial charge is 0.294 e. The Labute approximate surface area is 108 Å². The Morgan fingerprint density at radius 2 is 1.63 bits per heavy atom. The third kappa shape index (κ3) is 4.32. The predicted molar refractivity (Wildman–Crippen MR) is 61.3 cm³/mol. The van der Waals surface area contributed by atoms with Crippen molar-refractivity contribution in [1.82, 2.24) is 0 Å². The minimum atomic E-state index is -5.84. The Balaban J connectivity index is 0.000000203. The summed E-state index contributed by atoms with van der Waals surface area (Å²) >= 11 is 0. The molecule has 8 heteroatoms. The van der Waals surface area contributed by atoms with E-state index >= 15 is 0 Å². The van der Waals surface area contributed by atoms with E-state index in [2.05, 4.69) is 0 Å². The van der Waals surface area contributed by atoms with Crippen molar-refractivity contribution >= 4 is 15.9 Å². The predicted octanol–water partition coefficient (Wildman–Crippen LogP) is 2.60. The molecule has 1 aromatic carbocycles. The second-order valence-electron chi connectivity index (χ2n) is 3.85. The minimum Gasteiger partial charge on any atom is -0.294 e. The maximum absolute atomic E-state index is 11.3. The van der Waals surface area contributed by atoms with E-state index in [-0.39, 0.29) is 0 Å². The Hall–Kier alpha value is -1.41. The normalized spacial score (nSPS) is 15.3. The van der Waals surface area contributed by atoms with Crippen molar-refractivity contribution in [2.24, 2.45) is 0 Å². The number of benzene rings is 1. The molecule has 1 aromatic rings. The molecule has 0 aromatic heterocycles. The Kier molecular flexibility index (Phi) is 4.70. The van der Waals surface area contributed by atoms with Gasteiger partial charge < -0.3 is 0 Å². The van der Waals surface area contributed by atoms with Crippen LogP contribution in [0.1, 0.15) is 28.8 Å². The summed E-state index contributed by atoms with van der Waals surface area (Å²) in [5, 5.41) is 0. The molecule has 0 saturated heterocycles. The second kappa shape index (κ2) is 5.70. The molecule has 0 aliphatic heterocycles. The quantitative estimate of drug-likeness (QED) is 0.590. The molecule has 2 rings (SSSR count). The van der Waals surface area contributed by atoms with Gasteiger partial charge in [0.2, 0.25) is 0 Å². The molecular weight excluding hydrogens is 285 g/mol. The van der Waals surface area contributed by atoms with Gasteiger partial charge in [0.15, 0.2) is 5.78 Å². The number of carbonyl (C=O) groups is 1. The van der Waals surface area contributed by atoms with Gasteiger partial charge in [0.05, 0.1) is 0 Å². The van der Waals surface area contributed by atoms with Crippen LogP contribution in [0.25, 0.3) is 0 Å². The molecule has 19 heavy (non-hydrogen) atoms. The molecule has 0 bridgehead atoms. The van der Waals surface area contributed by atoms with Gasteiger partial charge in [0.25, 0.3) is 0 Å². The van der Waals surface area contributed by atoms with Crippen LogP contribution in [-0.2, 0) is 16.5 Å². The van der Waals surface area contributed by atoms with Gasteiger partial charge in [-0.1, -0.05) is 24.3 Å². The third-order valence-electron chi connectivity index (χ3n) is 2.46. The number of rotatable bonds is 0. The monoisotopic (exact) mass is 296 g/mol. The first-order chi connectivity index (χ1) is 8.63. The number of alkyl halides is 3. The van der Waals surface area contributed by atoms with Crippen LogP contribution in [-0.4, -0.2) is 24.3 Å². The van der Waals surface area contributed by atoms with Crippen molar-refractivity contribution in [2.45, 2.75) is 24.8 Å². The fourth-order valence-electron chi connectivity index (χ4n) is 1.58. The SMILES string of the molecule is O=C1CCCc2ccccc21.O=S(=O)(O)C(F)(F)F. The number of hydrogen-bond acceptors (Lipinski definition) is 3. The first-order valence-electron chi connectivity index (χ1n) is 5.28. The first-order valence-corrected chi connectivity index (χ1v) is 6.72. The maximum Gasteiger partial charge on any atom is 0.522 e. The lowest BCUT2D eigenvalue weighted by atomic mass is 9.91. The second-order valence-corrected chi connectivity index (χ2v) is 5.27. The highest BCUT2D eigenvalue weighted by molar-refractivity contribution is 7.86. The Morgan fingerprint density at radius 1 is 1.11 bits per heavy atom. The molecule has 0 atom stereocenters. The lowest BCUT2D eigenvalue weighted by Gasteiger charge is -2.12. The molecule has 0 unspecified atom stereocenters. The zero-order valence-corrected chi connectivity index (χ0v) is 10.5. The van der Waals surface area contributed by atoms with Crippen LogP contribution < -0.4 is 0 Å². The summed E-state index contributed by atoms with van der Waals surface area (Å²) in [7, 11) is -5.84. The minimum absolute atomic E-state index is 0.312. The highest BCUT2D eigenvalue weighted by atomic mass is 32.2. The van der Waals surface area contributed by atoms with E-state index in [0.29, 0.717) is 5.78 Å².